The molecule has 0 aliphatic heterocycles. The maximum absolute atomic E-state index is 12.1. The Kier molecular flexibility index (Phi) is 4.34. The molecule has 1 aromatic carbocycles. The number of ketones is 1. The first-order valence-electron chi connectivity index (χ1n) is 5.28. The van der Waals surface area contributed by atoms with E-state index in [2.05, 4.69) is 0 Å². The molecule has 0 aliphatic rings. The number of carbonyl (C=O) groups excluding carboxylic acids is 1. The van der Waals surface area contributed by atoms with Gasteiger partial charge >= 0.3 is 5.97 Å². The van der Waals surface area contributed by atoms with Crippen molar-refractivity contribution in [2.75, 3.05) is 6.26 Å². The van der Waals surface area contributed by atoms with Gasteiger partial charge in [0.05, 0.1) is 5.41 Å². The molecule has 0 radical (unpaired) electrons. The van der Waals surface area contributed by atoms with Crippen LogP contribution in [-0.4, -0.2) is 23.1 Å². The standard InChI is InChI=1S/C13H16O3S/c1-13(2,12(15)16)8-10(14)9-6-4-5-7-11(9)17-3/h4-7H,8H2,1-3H3,(H,15,16). The van der Waals surface area contributed by atoms with Crippen molar-refractivity contribution in [3.63, 3.8) is 0 Å². The van der Waals surface area contributed by atoms with Crippen molar-refractivity contribution in [2.45, 2.75) is 25.2 Å². The van der Waals surface area contributed by atoms with Crippen LogP contribution in [0.15, 0.2) is 29.2 Å². The molecule has 92 valence electrons. The van der Waals surface area contributed by atoms with Crippen LogP contribution in [0.2, 0.25) is 0 Å². The summed E-state index contributed by atoms with van der Waals surface area (Å²) >= 11 is 1.49. The molecule has 17 heavy (non-hydrogen) atoms. The largest absolute Gasteiger partial charge is 0.481 e. The van der Waals surface area contributed by atoms with Crippen molar-refractivity contribution >= 4 is 23.5 Å². The fourth-order valence-electron chi connectivity index (χ4n) is 1.45. The Balaban J connectivity index is 2.94. The summed E-state index contributed by atoms with van der Waals surface area (Å²) in [4.78, 5) is 23.9. The van der Waals surface area contributed by atoms with Gasteiger partial charge in [0.1, 0.15) is 0 Å². The second kappa shape index (κ2) is 5.36. The summed E-state index contributed by atoms with van der Waals surface area (Å²) in [5, 5.41) is 9.01. The first-order chi connectivity index (χ1) is 7.88. The summed E-state index contributed by atoms with van der Waals surface area (Å²) in [5.74, 6) is -1.07. The van der Waals surface area contributed by atoms with Crippen molar-refractivity contribution in [1.29, 1.82) is 0 Å². The number of hydrogen-bond donors (Lipinski definition) is 1. The van der Waals surface area contributed by atoms with E-state index in [1.165, 1.54) is 11.8 Å². The van der Waals surface area contributed by atoms with Crippen LogP contribution in [0.1, 0.15) is 30.6 Å². The molecule has 0 unspecified atom stereocenters. The van der Waals surface area contributed by atoms with Gasteiger partial charge in [-0.3, -0.25) is 9.59 Å². The van der Waals surface area contributed by atoms with Crippen LogP contribution in [0.25, 0.3) is 0 Å². The lowest BCUT2D eigenvalue weighted by atomic mass is 9.86. The zero-order valence-corrected chi connectivity index (χ0v) is 11.0. The normalized spacial score (nSPS) is 11.2. The molecule has 0 bridgehead atoms. The Morgan fingerprint density at radius 3 is 2.41 bits per heavy atom. The SMILES string of the molecule is CSc1ccccc1C(=O)CC(C)(C)C(=O)O. The van der Waals surface area contributed by atoms with E-state index < -0.39 is 11.4 Å². The molecule has 1 N–H and O–H groups in total. The van der Waals surface area contributed by atoms with Gasteiger partial charge in [-0.15, -0.1) is 11.8 Å². The van der Waals surface area contributed by atoms with Gasteiger partial charge in [-0.1, -0.05) is 18.2 Å². The Morgan fingerprint density at radius 2 is 1.88 bits per heavy atom. The number of benzene rings is 1. The molecule has 1 aromatic rings. The highest BCUT2D eigenvalue weighted by Gasteiger charge is 2.30. The number of aliphatic carboxylic acids is 1. The predicted octanol–water partition coefficient (Wildman–Crippen LogP) is 3.09. The van der Waals surface area contributed by atoms with Crippen molar-refractivity contribution in [1.82, 2.24) is 0 Å². The Hall–Kier alpha value is -1.29. The van der Waals surface area contributed by atoms with Gasteiger partial charge in [0, 0.05) is 16.9 Å². The lowest BCUT2D eigenvalue weighted by molar-refractivity contribution is -0.146. The first kappa shape index (κ1) is 13.8. The summed E-state index contributed by atoms with van der Waals surface area (Å²) in [5.41, 5.74) is -0.419. The van der Waals surface area contributed by atoms with E-state index in [-0.39, 0.29) is 12.2 Å². The highest BCUT2D eigenvalue weighted by molar-refractivity contribution is 7.98. The minimum absolute atomic E-state index is 0.0138. The minimum atomic E-state index is -1.03. The molecule has 0 amide bonds. The molecule has 4 heteroatoms. The highest BCUT2D eigenvalue weighted by atomic mass is 32.2. The summed E-state index contributed by atoms with van der Waals surface area (Å²) in [6.07, 6.45) is 1.91. The number of carbonyl (C=O) groups is 2. The maximum Gasteiger partial charge on any atom is 0.309 e. The average molecular weight is 252 g/mol. The zero-order valence-electron chi connectivity index (χ0n) is 10.2. The van der Waals surface area contributed by atoms with Gasteiger partial charge in [-0.2, -0.15) is 0 Å². The number of Topliss-reactive ketones (excluding diaryl/α,β-unsaturated/α-hetero) is 1. The molecule has 0 spiro atoms. The fraction of sp³-hybridized carbons (Fsp3) is 0.385. The van der Waals surface area contributed by atoms with E-state index in [4.69, 9.17) is 5.11 Å². The first-order valence-corrected chi connectivity index (χ1v) is 6.50. The number of carboxylic acid groups (broad SMARTS) is 1. The van der Waals surface area contributed by atoms with Crippen LogP contribution >= 0.6 is 11.8 Å². The fourth-order valence-corrected chi connectivity index (χ4v) is 2.06. The topological polar surface area (TPSA) is 54.4 Å². The molecule has 0 heterocycles. The number of rotatable bonds is 5. The molecule has 0 fully saturated rings. The summed E-state index contributed by atoms with van der Waals surface area (Å²) in [6, 6.07) is 7.27. The third-order valence-electron chi connectivity index (χ3n) is 2.59. The number of hydrogen-bond acceptors (Lipinski definition) is 3. The smallest absolute Gasteiger partial charge is 0.309 e. The van der Waals surface area contributed by atoms with Crippen LogP contribution < -0.4 is 0 Å². The number of carboxylic acids is 1. The molecule has 3 nitrogen and oxygen atoms in total. The lowest BCUT2D eigenvalue weighted by Gasteiger charge is -2.18. The van der Waals surface area contributed by atoms with E-state index in [0.29, 0.717) is 5.56 Å². The second-order valence-electron chi connectivity index (χ2n) is 4.49. The molecule has 0 aromatic heterocycles. The third kappa shape index (κ3) is 3.33. The van der Waals surface area contributed by atoms with Crippen molar-refractivity contribution in [3.05, 3.63) is 29.8 Å². The third-order valence-corrected chi connectivity index (χ3v) is 3.38. The van der Waals surface area contributed by atoms with Crippen LogP contribution in [0.3, 0.4) is 0 Å². The quantitative estimate of drug-likeness (QED) is 0.646. The Morgan fingerprint density at radius 1 is 1.29 bits per heavy atom. The Labute approximate surface area is 105 Å². The van der Waals surface area contributed by atoms with E-state index in [9.17, 15) is 9.59 Å². The van der Waals surface area contributed by atoms with Crippen LogP contribution in [0, 0.1) is 5.41 Å². The lowest BCUT2D eigenvalue weighted by Crippen LogP contribution is -2.27. The molecule has 0 saturated heterocycles. The monoisotopic (exact) mass is 252 g/mol. The second-order valence-corrected chi connectivity index (χ2v) is 5.34. The van der Waals surface area contributed by atoms with Crippen molar-refractivity contribution in [2.24, 2.45) is 5.41 Å². The van der Waals surface area contributed by atoms with Crippen LogP contribution in [0.5, 0.6) is 0 Å². The molecular formula is C13H16O3S. The molecule has 0 saturated carbocycles. The van der Waals surface area contributed by atoms with Gasteiger partial charge < -0.3 is 5.11 Å². The summed E-state index contributed by atoms with van der Waals surface area (Å²) in [6.45, 7) is 3.13. The molecular weight excluding hydrogens is 236 g/mol. The van der Waals surface area contributed by atoms with Gasteiger partial charge in [-0.05, 0) is 26.2 Å². The molecule has 1 rings (SSSR count). The van der Waals surface area contributed by atoms with Crippen molar-refractivity contribution in [3.8, 4) is 0 Å². The van der Waals surface area contributed by atoms with Gasteiger partial charge in [0.25, 0.3) is 0 Å². The molecule has 0 aliphatic carbocycles. The van der Waals surface area contributed by atoms with Crippen molar-refractivity contribution < 1.29 is 14.7 Å². The maximum atomic E-state index is 12.1. The van der Waals surface area contributed by atoms with Crippen LogP contribution in [0.4, 0.5) is 0 Å². The van der Waals surface area contributed by atoms with Gasteiger partial charge in [-0.25, -0.2) is 0 Å². The Bertz CT molecular complexity index is 438. The van der Waals surface area contributed by atoms with E-state index >= 15 is 0 Å². The summed E-state index contributed by atoms with van der Waals surface area (Å²) < 4.78 is 0. The highest BCUT2D eigenvalue weighted by Crippen LogP contribution is 2.27. The average Bonchev–Trinajstić information content (AvgIpc) is 2.28. The van der Waals surface area contributed by atoms with Gasteiger partial charge in [0.2, 0.25) is 0 Å². The zero-order chi connectivity index (χ0) is 13.1. The van der Waals surface area contributed by atoms with Gasteiger partial charge in [0.15, 0.2) is 5.78 Å². The summed E-state index contributed by atoms with van der Waals surface area (Å²) in [7, 11) is 0. The van der Waals surface area contributed by atoms with Crippen LogP contribution in [-0.2, 0) is 4.79 Å². The van der Waals surface area contributed by atoms with E-state index in [1.807, 2.05) is 18.4 Å². The van der Waals surface area contributed by atoms with E-state index in [0.717, 1.165) is 4.90 Å². The van der Waals surface area contributed by atoms with E-state index in [1.54, 1.807) is 26.0 Å². The minimum Gasteiger partial charge on any atom is -0.481 e. The predicted molar refractivity (Wildman–Crippen MR) is 68.6 cm³/mol. The number of thioether (sulfide) groups is 1. The molecule has 0 atom stereocenters.